The van der Waals surface area contributed by atoms with Crippen molar-refractivity contribution in [2.75, 3.05) is 5.73 Å². The van der Waals surface area contributed by atoms with Gasteiger partial charge >= 0.3 is 0 Å². The average molecular weight is 214 g/mol. The molecule has 0 fully saturated rings. The lowest BCUT2D eigenvalue weighted by Crippen LogP contribution is -2.21. The molecule has 1 aromatic rings. The van der Waals surface area contributed by atoms with Gasteiger partial charge in [0.1, 0.15) is 0 Å². The Kier molecular flexibility index (Phi) is 5.09. The summed E-state index contributed by atoms with van der Waals surface area (Å²) in [7, 11) is 0. The van der Waals surface area contributed by atoms with E-state index >= 15 is 0 Å². The third-order valence-electron chi connectivity index (χ3n) is 1.32. The quantitative estimate of drug-likeness (QED) is 0.285. The molecule has 0 aliphatic rings. The van der Waals surface area contributed by atoms with E-state index in [4.69, 9.17) is 17.2 Å². The number of rotatable bonds is 2. The van der Waals surface area contributed by atoms with E-state index in [1.54, 1.807) is 18.3 Å². The van der Waals surface area contributed by atoms with Gasteiger partial charge in [-0.1, -0.05) is 12.1 Å². The Morgan fingerprint density at radius 1 is 1.14 bits per heavy atom. The van der Waals surface area contributed by atoms with Crippen molar-refractivity contribution in [1.29, 1.82) is 0 Å². The number of hydrogen-bond donors (Lipinski definition) is 3. The Labute approximate surface area is 88.1 Å². The second kappa shape index (κ2) is 5.82. The minimum absolute atomic E-state index is 0. The van der Waals surface area contributed by atoms with Gasteiger partial charge in [0.25, 0.3) is 0 Å². The zero-order valence-electron chi connectivity index (χ0n) is 7.42. The molecule has 0 radical (unpaired) electrons. The summed E-state index contributed by atoms with van der Waals surface area (Å²) in [6.45, 7) is 0. The topological polar surface area (TPSA) is 103 Å². The van der Waals surface area contributed by atoms with Crippen LogP contribution in [0.4, 0.5) is 5.69 Å². The molecule has 0 atom stereocenters. The number of nitrogens with two attached hydrogens (primary N) is 3. The molecule has 1 rings (SSSR count). The van der Waals surface area contributed by atoms with Crippen LogP contribution in [0.3, 0.4) is 0 Å². The van der Waals surface area contributed by atoms with Crippen molar-refractivity contribution in [2.24, 2.45) is 21.7 Å². The minimum atomic E-state index is -0.0632. The first kappa shape index (κ1) is 12.2. The van der Waals surface area contributed by atoms with Crippen LogP contribution < -0.4 is 17.2 Å². The van der Waals surface area contributed by atoms with Crippen LogP contribution in [0.25, 0.3) is 0 Å². The molecule has 0 heterocycles. The molecule has 0 spiro atoms. The molecule has 76 valence electrons. The fourth-order valence-electron chi connectivity index (χ4n) is 0.744. The summed E-state index contributed by atoms with van der Waals surface area (Å²) in [6, 6.07) is 7.19. The van der Waals surface area contributed by atoms with Crippen LogP contribution in [0.15, 0.2) is 34.5 Å². The van der Waals surface area contributed by atoms with Crippen LogP contribution >= 0.6 is 12.4 Å². The predicted octanol–water partition coefficient (Wildman–Crippen LogP) is 0.298. The lowest BCUT2D eigenvalue weighted by Gasteiger charge is -1.92. The number of nitrogen functional groups attached to an aromatic ring is 1. The molecule has 5 nitrogen and oxygen atoms in total. The average Bonchev–Trinajstić information content (AvgIpc) is 2.08. The van der Waals surface area contributed by atoms with E-state index in [9.17, 15) is 0 Å². The van der Waals surface area contributed by atoms with Gasteiger partial charge in [-0.3, -0.25) is 0 Å². The van der Waals surface area contributed by atoms with Crippen molar-refractivity contribution >= 4 is 30.3 Å². The fraction of sp³-hybridized carbons (Fsp3) is 0. The van der Waals surface area contributed by atoms with Crippen molar-refractivity contribution in [3.8, 4) is 0 Å². The molecular formula is C8H12ClN5. The molecule has 0 aliphatic heterocycles. The van der Waals surface area contributed by atoms with Gasteiger partial charge in [-0.2, -0.15) is 5.10 Å². The smallest absolute Gasteiger partial charge is 0.211 e. The van der Waals surface area contributed by atoms with Crippen LogP contribution in [0.1, 0.15) is 5.56 Å². The second-order valence-electron chi connectivity index (χ2n) is 2.44. The Hall–Kier alpha value is -1.75. The normalized spacial score (nSPS) is 9.43. The molecule has 0 bridgehead atoms. The Morgan fingerprint density at radius 3 is 2.21 bits per heavy atom. The van der Waals surface area contributed by atoms with Crippen LogP contribution in [0.5, 0.6) is 0 Å². The standard InChI is InChI=1S/C8H11N5.ClH/c9-7-3-1-6(2-4-7)5-12-13-8(10)11;/h1-5H,9H2,(H4,10,11,13);1H. The van der Waals surface area contributed by atoms with E-state index in [0.29, 0.717) is 5.69 Å². The maximum atomic E-state index is 5.49. The van der Waals surface area contributed by atoms with Gasteiger partial charge in [0.05, 0.1) is 6.21 Å². The molecule has 1 aromatic carbocycles. The Bertz CT molecular complexity index is 326. The van der Waals surface area contributed by atoms with E-state index in [1.165, 1.54) is 0 Å². The largest absolute Gasteiger partial charge is 0.399 e. The summed E-state index contributed by atoms with van der Waals surface area (Å²) >= 11 is 0. The first-order valence-corrected chi connectivity index (χ1v) is 3.66. The van der Waals surface area contributed by atoms with E-state index in [-0.39, 0.29) is 18.4 Å². The fourth-order valence-corrected chi connectivity index (χ4v) is 0.744. The molecule has 0 aliphatic carbocycles. The van der Waals surface area contributed by atoms with Gasteiger partial charge in [-0.25, -0.2) is 0 Å². The summed E-state index contributed by atoms with van der Waals surface area (Å²) in [5.41, 5.74) is 17.2. The van der Waals surface area contributed by atoms with Gasteiger partial charge in [-0.05, 0) is 17.7 Å². The van der Waals surface area contributed by atoms with Crippen molar-refractivity contribution in [1.82, 2.24) is 0 Å². The molecular weight excluding hydrogens is 202 g/mol. The second-order valence-corrected chi connectivity index (χ2v) is 2.44. The van der Waals surface area contributed by atoms with Gasteiger partial charge in [0.2, 0.25) is 5.96 Å². The zero-order chi connectivity index (χ0) is 9.68. The number of guanidine groups is 1. The number of benzene rings is 1. The SMILES string of the molecule is Cl.NC(N)=NN=Cc1ccc(N)cc1. The summed E-state index contributed by atoms with van der Waals surface area (Å²) in [5.74, 6) is -0.0632. The number of halogens is 1. The third-order valence-corrected chi connectivity index (χ3v) is 1.32. The first-order valence-electron chi connectivity index (χ1n) is 3.66. The zero-order valence-corrected chi connectivity index (χ0v) is 8.24. The molecule has 6 heteroatoms. The number of anilines is 1. The lowest BCUT2D eigenvalue weighted by molar-refractivity contribution is 1.21. The van der Waals surface area contributed by atoms with Crippen LogP contribution in [0, 0.1) is 0 Å². The maximum absolute atomic E-state index is 5.49. The highest BCUT2D eigenvalue weighted by Crippen LogP contribution is 2.02. The van der Waals surface area contributed by atoms with Crippen LogP contribution in [-0.4, -0.2) is 12.2 Å². The van der Waals surface area contributed by atoms with Gasteiger partial charge in [-0.15, -0.1) is 17.5 Å². The number of nitrogens with zero attached hydrogens (tertiary/aromatic N) is 2. The van der Waals surface area contributed by atoms with Gasteiger partial charge in [0.15, 0.2) is 0 Å². The van der Waals surface area contributed by atoms with Crippen molar-refractivity contribution in [3.63, 3.8) is 0 Å². The van der Waals surface area contributed by atoms with E-state index in [1.807, 2.05) is 12.1 Å². The molecule has 0 saturated carbocycles. The van der Waals surface area contributed by atoms with E-state index < -0.39 is 0 Å². The molecule has 6 N–H and O–H groups in total. The van der Waals surface area contributed by atoms with E-state index in [0.717, 1.165) is 5.56 Å². The molecule has 0 unspecified atom stereocenters. The lowest BCUT2D eigenvalue weighted by atomic mass is 10.2. The monoisotopic (exact) mass is 213 g/mol. The van der Waals surface area contributed by atoms with Crippen molar-refractivity contribution in [3.05, 3.63) is 29.8 Å². The highest BCUT2D eigenvalue weighted by atomic mass is 35.5. The van der Waals surface area contributed by atoms with Crippen LogP contribution in [0.2, 0.25) is 0 Å². The highest BCUT2D eigenvalue weighted by molar-refractivity contribution is 5.85. The highest BCUT2D eigenvalue weighted by Gasteiger charge is 1.86. The third kappa shape index (κ3) is 4.32. The Balaban J connectivity index is 0.00000169. The molecule has 0 amide bonds. The van der Waals surface area contributed by atoms with Crippen molar-refractivity contribution in [2.45, 2.75) is 0 Å². The summed E-state index contributed by atoms with van der Waals surface area (Å²) in [4.78, 5) is 0. The first-order chi connectivity index (χ1) is 6.18. The Morgan fingerprint density at radius 2 is 1.71 bits per heavy atom. The molecule has 0 saturated heterocycles. The summed E-state index contributed by atoms with van der Waals surface area (Å²) < 4.78 is 0. The minimum Gasteiger partial charge on any atom is -0.399 e. The molecule has 0 aromatic heterocycles. The van der Waals surface area contributed by atoms with Gasteiger partial charge in [0, 0.05) is 5.69 Å². The van der Waals surface area contributed by atoms with Crippen LogP contribution in [-0.2, 0) is 0 Å². The van der Waals surface area contributed by atoms with E-state index in [2.05, 4.69) is 10.2 Å². The summed E-state index contributed by atoms with van der Waals surface area (Å²) in [6.07, 6.45) is 1.54. The van der Waals surface area contributed by atoms with Gasteiger partial charge < -0.3 is 17.2 Å². The predicted molar refractivity (Wildman–Crippen MR) is 61.5 cm³/mol. The molecule has 14 heavy (non-hydrogen) atoms. The summed E-state index contributed by atoms with van der Waals surface area (Å²) in [5, 5.41) is 7.10. The number of hydrogen-bond acceptors (Lipinski definition) is 3. The maximum Gasteiger partial charge on any atom is 0.211 e. The van der Waals surface area contributed by atoms with Crippen molar-refractivity contribution < 1.29 is 0 Å².